The minimum absolute atomic E-state index is 0.0294. The van der Waals surface area contributed by atoms with Crippen molar-refractivity contribution in [3.63, 3.8) is 0 Å². The Kier molecular flexibility index (Phi) is 4.68. The molecular formula is C22H12F5NO3. The first kappa shape index (κ1) is 20.4. The number of alkyl halides is 3. The average Bonchev–Trinajstić information content (AvgIpc) is 3.05. The molecule has 4 nitrogen and oxygen atoms in total. The fourth-order valence-corrected chi connectivity index (χ4v) is 3.57. The Hall–Kier alpha value is -3.88. The summed E-state index contributed by atoms with van der Waals surface area (Å²) in [6.45, 7) is 0. The number of aromatic carboxylic acids is 1. The molecule has 9 heteroatoms. The predicted molar refractivity (Wildman–Crippen MR) is 102 cm³/mol. The second-order valence-corrected chi connectivity index (χ2v) is 6.70. The monoisotopic (exact) mass is 433 g/mol. The van der Waals surface area contributed by atoms with Crippen LogP contribution < -0.4 is 0 Å². The summed E-state index contributed by atoms with van der Waals surface area (Å²) < 4.78 is 71.3. The van der Waals surface area contributed by atoms with Crippen LogP contribution in [0.1, 0.15) is 16.1 Å². The Morgan fingerprint density at radius 3 is 2.19 bits per heavy atom. The zero-order chi connectivity index (χ0) is 22.5. The number of hydrogen-bond donors (Lipinski definition) is 2. The van der Waals surface area contributed by atoms with Crippen molar-refractivity contribution in [1.29, 1.82) is 0 Å². The fourth-order valence-electron chi connectivity index (χ4n) is 3.57. The summed E-state index contributed by atoms with van der Waals surface area (Å²) in [6, 6.07) is 10.7. The minimum atomic E-state index is -4.96. The number of phenols is 1. The highest BCUT2D eigenvalue weighted by Gasteiger charge is 2.41. The van der Waals surface area contributed by atoms with Gasteiger partial charge in [-0.25, -0.2) is 13.6 Å². The van der Waals surface area contributed by atoms with E-state index in [0.717, 1.165) is 41.0 Å². The number of carboxylic acids is 1. The van der Waals surface area contributed by atoms with Gasteiger partial charge in [-0.3, -0.25) is 0 Å². The van der Waals surface area contributed by atoms with E-state index < -0.39 is 46.4 Å². The molecule has 0 fully saturated rings. The molecule has 4 aromatic rings. The van der Waals surface area contributed by atoms with E-state index in [1.807, 2.05) is 0 Å². The van der Waals surface area contributed by atoms with Crippen molar-refractivity contribution in [2.45, 2.75) is 6.18 Å². The third-order valence-corrected chi connectivity index (χ3v) is 4.81. The van der Waals surface area contributed by atoms with Gasteiger partial charge < -0.3 is 14.8 Å². The summed E-state index contributed by atoms with van der Waals surface area (Å²) in [5.74, 6) is -3.93. The molecule has 0 spiro atoms. The smallest absolute Gasteiger partial charge is 0.432 e. The number of hydrogen-bond acceptors (Lipinski definition) is 2. The largest absolute Gasteiger partial charge is 0.507 e. The Morgan fingerprint density at radius 1 is 0.935 bits per heavy atom. The summed E-state index contributed by atoms with van der Waals surface area (Å²) in [7, 11) is 0. The third-order valence-electron chi connectivity index (χ3n) is 4.81. The van der Waals surface area contributed by atoms with Gasteiger partial charge in [0.2, 0.25) is 0 Å². The first-order valence-electron chi connectivity index (χ1n) is 8.82. The lowest BCUT2D eigenvalue weighted by Gasteiger charge is -2.15. The van der Waals surface area contributed by atoms with Gasteiger partial charge in [0.1, 0.15) is 23.1 Å². The quantitative estimate of drug-likeness (QED) is 0.390. The molecule has 0 unspecified atom stereocenters. The lowest BCUT2D eigenvalue weighted by molar-refractivity contribution is -0.141. The molecule has 0 amide bonds. The molecule has 31 heavy (non-hydrogen) atoms. The fraction of sp³-hybridized carbons (Fsp3) is 0.0455. The van der Waals surface area contributed by atoms with Crippen molar-refractivity contribution >= 4 is 16.9 Å². The van der Waals surface area contributed by atoms with Crippen LogP contribution in [0.4, 0.5) is 22.0 Å². The van der Waals surface area contributed by atoms with Crippen molar-refractivity contribution in [3.8, 4) is 22.6 Å². The van der Waals surface area contributed by atoms with Crippen LogP contribution in [0.5, 0.6) is 5.75 Å². The van der Waals surface area contributed by atoms with Gasteiger partial charge in [-0.1, -0.05) is 12.1 Å². The molecule has 1 heterocycles. The molecule has 1 aromatic heterocycles. The van der Waals surface area contributed by atoms with Gasteiger partial charge in [0.05, 0.1) is 16.5 Å². The third kappa shape index (κ3) is 3.37. The topological polar surface area (TPSA) is 62.5 Å². The number of nitrogens with zero attached hydrogens (tertiary/aromatic N) is 1. The summed E-state index contributed by atoms with van der Waals surface area (Å²) in [5, 5.41) is 19.2. The summed E-state index contributed by atoms with van der Waals surface area (Å²) in [4.78, 5) is 11.1. The van der Waals surface area contributed by atoms with Crippen LogP contribution in [0.3, 0.4) is 0 Å². The van der Waals surface area contributed by atoms with E-state index in [1.54, 1.807) is 0 Å². The number of phenolic OH excluding ortho intramolecular Hbond substituents is 1. The van der Waals surface area contributed by atoms with E-state index >= 15 is 0 Å². The van der Waals surface area contributed by atoms with Gasteiger partial charge in [-0.05, 0) is 54.1 Å². The van der Waals surface area contributed by atoms with Gasteiger partial charge in [-0.2, -0.15) is 13.2 Å². The standard InChI is InChI=1S/C22H12F5NO3/c23-12-5-7-13(8-6-12)28-16-2-1-3-17(29)19(16)18(20(28)22(25,26)27)11-4-9-14(21(30)31)15(24)10-11/h1-10,29H,(H,30,31). The molecule has 0 saturated carbocycles. The van der Waals surface area contributed by atoms with E-state index in [2.05, 4.69) is 0 Å². The molecule has 3 aromatic carbocycles. The normalized spacial score (nSPS) is 11.8. The van der Waals surface area contributed by atoms with E-state index in [4.69, 9.17) is 5.11 Å². The van der Waals surface area contributed by atoms with Crippen molar-refractivity contribution in [2.75, 3.05) is 0 Å². The van der Waals surface area contributed by atoms with E-state index in [0.29, 0.717) is 6.07 Å². The molecule has 0 bridgehead atoms. The molecule has 0 aliphatic rings. The number of aromatic hydroxyl groups is 1. The van der Waals surface area contributed by atoms with Crippen LogP contribution in [0, 0.1) is 11.6 Å². The van der Waals surface area contributed by atoms with Crippen LogP contribution in [0.15, 0.2) is 60.7 Å². The number of benzene rings is 3. The zero-order valence-electron chi connectivity index (χ0n) is 15.4. The van der Waals surface area contributed by atoms with Crippen molar-refractivity contribution in [1.82, 2.24) is 4.57 Å². The van der Waals surface area contributed by atoms with Crippen molar-refractivity contribution < 1.29 is 37.0 Å². The first-order chi connectivity index (χ1) is 14.6. The number of rotatable bonds is 3. The zero-order valence-corrected chi connectivity index (χ0v) is 15.4. The van der Waals surface area contributed by atoms with Crippen LogP contribution in [-0.2, 0) is 6.18 Å². The van der Waals surface area contributed by atoms with Gasteiger partial charge in [0, 0.05) is 11.3 Å². The van der Waals surface area contributed by atoms with Crippen LogP contribution in [0.2, 0.25) is 0 Å². The van der Waals surface area contributed by atoms with Crippen molar-refractivity contribution in [3.05, 3.63) is 83.6 Å². The summed E-state index contributed by atoms with van der Waals surface area (Å²) >= 11 is 0. The molecule has 0 saturated heterocycles. The number of carboxylic acid groups (broad SMARTS) is 1. The maximum Gasteiger partial charge on any atom is 0.432 e. The molecule has 0 aliphatic carbocycles. The van der Waals surface area contributed by atoms with Gasteiger partial charge in [0.25, 0.3) is 0 Å². The average molecular weight is 433 g/mol. The maximum absolute atomic E-state index is 14.3. The number of carbonyl (C=O) groups is 1. The lowest BCUT2D eigenvalue weighted by atomic mass is 9.99. The Balaban J connectivity index is 2.16. The van der Waals surface area contributed by atoms with Crippen LogP contribution in [-0.4, -0.2) is 20.7 Å². The van der Waals surface area contributed by atoms with E-state index in [-0.39, 0.29) is 22.2 Å². The first-order valence-corrected chi connectivity index (χ1v) is 8.82. The number of aromatic nitrogens is 1. The second-order valence-electron chi connectivity index (χ2n) is 6.70. The molecule has 0 aliphatic heterocycles. The summed E-state index contributed by atoms with van der Waals surface area (Å²) in [6.07, 6.45) is -4.96. The highest BCUT2D eigenvalue weighted by Crippen LogP contribution is 2.47. The lowest BCUT2D eigenvalue weighted by Crippen LogP contribution is -2.14. The molecule has 2 N–H and O–H groups in total. The summed E-state index contributed by atoms with van der Waals surface area (Å²) in [5.41, 5.74) is -2.81. The maximum atomic E-state index is 14.3. The molecular weight excluding hydrogens is 421 g/mol. The minimum Gasteiger partial charge on any atom is -0.507 e. The number of halogens is 5. The molecule has 4 rings (SSSR count). The highest BCUT2D eigenvalue weighted by atomic mass is 19.4. The molecule has 0 radical (unpaired) electrons. The number of fused-ring (bicyclic) bond motifs is 1. The van der Waals surface area contributed by atoms with Crippen LogP contribution >= 0.6 is 0 Å². The van der Waals surface area contributed by atoms with Crippen LogP contribution in [0.25, 0.3) is 27.7 Å². The molecule has 158 valence electrons. The van der Waals surface area contributed by atoms with Crippen molar-refractivity contribution in [2.24, 2.45) is 0 Å². The van der Waals surface area contributed by atoms with Gasteiger partial charge >= 0.3 is 12.1 Å². The Bertz CT molecular complexity index is 1320. The van der Waals surface area contributed by atoms with E-state index in [1.165, 1.54) is 18.2 Å². The second kappa shape index (κ2) is 7.12. The van der Waals surface area contributed by atoms with Gasteiger partial charge in [0.15, 0.2) is 0 Å². The van der Waals surface area contributed by atoms with Gasteiger partial charge in [-0.15, -0.1) is 0 Å². The highest BCUT2D eigenvalue weighted by molar-refractivity contribution is 6.03. The molecule has 0 atom stereocenters. The SMILES string of the molecule is O=C(O)c1ccc(-c2c(C(F)(F)F)n(-c3ccc(F)cc3)c3cccc(O)c23)cc1F. The Morgan fingerprint density at radius 2 is 1.61 bits per heavy atom. The van der Waals surface area contributed by atoms with E-state index in [9.17, 15) is 31.9 Å². The Labute approximate surface area is 171 Å². The predicted octanol–water partition coefficient (Wildman–Crippen LogP) is 6.00.